The highest BCUT2D eigenvalue weighted by atomic mass is 35.5. The van der Waals surface area contributed by atoms with Crippen molar-refractivity contribution in [3.8, 4) is 17.2 Å². The normalized spacial score (nSPS) is 25.8. The maximum Gasteiger partial charge on any atom is 0.309 e. The van der Waals surface area contributed by atoms with Crippen LogP contribution in [0.2, 0.25) is 5.02 Å². The van der Waals surface area contributed by atoms with Crippen molar-refractivity contribution in [2.75, 3.05) is 13.2 Å². The van der Waals surface area contributed by atoms with Gasteiger partial charge < -0.3 is 24.1 Å². The molecule has 1 fully saturated rings. The zero-order valence-corrected chi connectivity index (χ0v) is 19.3. The molecule has 0 amide bonds. The second-order valence-electron chi connectivity index (χ2n) is 8.88. The lowest BCUT2D eigenvalue weighted by molar-refractivity contribution is -0.192. The van der Waals surface area contributed by atoms with Gasteiger partial charge in [0.1, 0.15) is 35.6 Å². The van der Waals surface area contributed by atoms with E-state index in [9.17, 15) is 9.90 Å². The molecule has 0 aliphatic carbocycles. The molecule has 32 heavy (non-hydrogen) atoms. The number of hydrogen-bond donors (Lipinski definition) is 1. The Bertz CT molecular complexity index is 975. The van der Waals surface area contributed by atoms with E-state index < -0.39 is 23.6 Å². The summed E-state index contributed by atoms with van der Waals surface area (Å²) in [7, 11) is 0. The van der Waals surface area contributed by atoms with Gasteiger partial charge in [0.15, 0.2) is 0 Å². The molecule has 0 bridgehead atoms. The van der Waals surface area contributed by atoms with Gasteiger partial charge in [0.2, 0.25) is 0 Å². The Hall–Kier alpha value is -2.44. The quantitative estimate of drug-likeness (QED) is 0.586. The van der Waals surface area contributed by atoms with Crippen molar-refractivity contribution in [2.24, 2.45) is 11.8 Å². The van der Waals surface area contributed by atoms with E-state index in [2.05, 4.69) is 6.92 Å². The first-order valence-corrected chi connectivity index (χ1v) is 11.4. The highest BCUT2D eigenvalue weighted by Crippen LogP contribution is 2.52. The van der Waals surface area contributed by atoms with Gasteiger partial charge in [-0.15, -0.1) is 0 Å². The maximum atomic E-state index is 12.1. The predicted octanol–water partition coefficient (Wildman–Crippen LogP) is 5.53. The second kappa shape index (κ2) is 9.20. The number of hydrogen-bond acceptors (Lipinski definition) is 5. The largest absolute Gasteiger partial charge is 0.494 e. The number of aliphatic carboxylic acids is 1. The predicted molar refractivity (Wildman–Crippen MR) is 121 cm³/mol. The van der Waals surface area contributed by atoms with Crippen LogP contribution < -0.4 is 14.2 Å². The van der Waals surface area contributed by atoms with Crippen LogP contribution in [0.5, 0.6) is 17.2 Å². The minimum Gasteiger partial charge on any atom is -0.494 e. The molecule has 0 radical (unpaired) electrons. The van der Waals surface area contributed by atoms with E-state index in [1.165, 1.54) is 0 Å². The van der Waals surface area contributed by atoms with Gasteiger partial charge >= 0.3 is 5.97 Å². The van der Waals surface area contributed by atoms with Gasteiger partial charge in [0.05, 0.1) is 23.7 Å². The van der Waals surface area contributed by atoms with Gasteiger partial charge in [-0.05, 0) is 57.0 Å². The Morgan fingerprint density at radius 2 is 2.00 bits per heavy atom. The summed E-state index contributed by atoms with van der Waals surface area (Å²) in [5, 5.41) is 10.4. The van der Waals surface area contributed by atoms with Crippen LogP contribution in [0.25, 0.3) is 0 Å². The van der Waals surface area contributed by atoms with Crippen LogP contribution >= 0.6 is 11.6 Å². The summed E-state index contributed by atoms with van der Waals surface area (Å²) in [5.41, 5.74) is 0.306. The first kappa shape index (κ1) is 22.7. The molecule has 0 aromatic heterocycles. The molecule has 0 saturated carbocycles. The van der Waals surface area contributed by atoms with Crippen molar-refractivity contribution < 1.29 is 28.8 Å². The molecule has 2 aliphatic heterocycles. The van der Waals surface area contributed by atoms with Crippen LogP contribution in [0.4, 0.5) is 0 Å². The van der Waals surface area contributed by atoms with Crippen LogP contribution in [-0.4, -0.2) is 36.0 Å². The summed E-state index contributed by atoms with van der Waals surface area (Å²) >= 11 is 6.20. The molecular formula is C25H29ClO6. The Kier molecular flexibility index (Phi) is 6.54. The lowest BCUT2D eigenvalue weighted by Gasteiger charge is -2.50. The van der Waals surface area contributed by atoms with E-state index in [1.807, 2.05) is 44.2 Å². The Morgan fingerprint density at radius 3 is 2.72 bits per heavy atom. The van der Waals surface area contributed by atoms with Gasteiger partial charge in [0.25, 0.3) is 0 Å². The highest BCUT2D eigenvalue weighted by Gasteiger charge is 2.52. The third-order valence-electron chi connectivity index (χ3n) is 6.23. The molecule has 2 heterocycles. The van der Waals surface area contributed by atoms with Crippen molar-refractivity contribution in [3.05, 3.63) is 53.1 Å². The van der Waals surface area contributed by atoms with E-state index >= 15 is 0 Å². The molecule has 2 aromatic carbocycles. The monoisotopic (exact) mass is 460 g/mol. The Morgan fingerprint density at radius 1 is 1.22 bits per heavy atom. The van der Waals surface area contributed by atoms with Crippen LogP contribution in [0.1, 0.15) is 45.3 Å². The van der Waals surface area contributed by atoms with E-state index in [0.717, 1.165) is 23.5 Å². The molecule has 2 aliphatic rings. The minimum atomic E-state index is -0.905. The fourth-order valence-electron chi connectivity index (χ4n) is 4.52. The number of rotatable bonds is 7. The van der Waals surface area contributed by atoms with Crippen molar-refractivity contribution in [1.29, 1.82) is 0 Å². The lowest BCUT2D eigenvalue weighted by Crippen LogP contribution is -2.53. The Balaban J connectivity index is 1.62. The fourth-order valence-corrected chi connectivity index (χ4v) is 4.72. The first-order chi connectivity index (χ1) is 15.3. The third kappa shape index (κ3) is 4.52. The van der Waals surface area contributed by atoms with E-state index in [1.54, 1.807) is 12.1 Å². The number of halogens is 1. The summed E-state index contributed by atoms with van der Waals surface area (Å²) in [6.45, 7) is 6.73. The number of benzene rings is 2. The number of carboxylic acid groups (broad SMARTS) is 1. The summed E-state index contributed by atoms with van der Waals surface area (Å²) < 4.78 is 24.4. The average Bonchev–Trinajstić information content (AvgIpc) is 2.76. The summed E-state index contributed by atoms with van der Waals surface area (Å²) in [6, 6.07) is 12.9. The first-order valence-electron chi connectivity index (χ1n) is 11.0. The van der Waals surface area contributed by atoms with Crippen molar-refractivity contribution >= 4 is 17.6 Å². The van der Waals surface area contributed by atoms with Gasteiger partial charge in [-0.1, -0.05) is 30.7 Å². The van der Waals surface area contributed by atoms with E-state index in [-0.39, 0.29) is 18.6 Å². The number of para-hydroxylation sites is 1. The molecule has 172 valence electrons. The SMILES string of the molecule is CCCOc1ccc2c(c1)[C@H]1O[C@@H](COc3ccccc3Cl)[C@H](C(=O)O)C[C@@H]1C(C)(C)O2. The van der Waals surface area contributed by atoms with Crippen LogP contribution in [-0.2, 0) is 9.53 Å². The number of fused-ring (bicyclic) bond motifs is 3. The van der Waals surface area contributed by atoms with Crippen LogP contribution in [0.15, 0.2) is 42.5 Å². The van der Waals surface area contributed by atoms with E-state index in [4.69, 9.17) is 30.5 Å². The number of ether oxygens (including phenoxy) is 4. The summed E-state index contributed by atoms with van der Waals surface area (Å²) in [4.78, 5) is 12.1. The van der Waals surface area contributed by atoms with Crippen LogP contribution in [0.3, 0.4) is 0 Å². The molecule has 0 unspecified atom stereocenters. The van der Waals surface area contributed by atoms with Gasteiger partial charge in [-0.3, -0.25) is 4.79 Å². The zero-order valence-electron chi connectivity index (χ0n) is 18.5. The van der Waals surface area contributed by atoms with Gasteiger partial charge in [0, 0.05) is 11.5 Å². The zero-order chi connectivity index (χ0) is 22.9. The molecule has 2 aromatic rings. The maximum absolute atomic E-state index is 12.1. The van der Waals surface area contributed by atoms with Gasteiger partial charge in [-0.2, -0.15) is 0 Å². The Labute approximate surface area is 193 Å². The second-order valence-corrected chi connectivity index (χ2v) is 9.28. The van der Waals surface area contributed by atoms with Crippen LogP contribution in [0, 0.1) is 11.8 Å². The standard InChI is InChI=1S/C25H29ClO6/c1-4-11-29-15-9-10-20-16(12-15)23-18(25(2,3)32-20)13-17(24(27)28)22(31-23)14-30-21-8-6-5-7-19(21)26/h5-10,12,17-18,22-23H,4,11,13-14H2,1-3H3,(H,27,28)/t17-,18+,22+,23-/m1/s1. The van der Waals surface area contributed by atoms with E-state index in [0.29, 0.717) is 23.8 Å². The number of carbonyl (C=O) groups is 1. The number of carboxylic acids is 1. The molecule has 6 nitrogen and oxygen atoms in total. The van der Waals surface area contributed by atoms with Crippen molar-refractivity contribution in [3.63, 3.8) is 0 Å². The molecule has 4 atom stereocenters. The molecular weight excluding hydrogens is 432 g/mol. The lowest BCUT2D eigenvalue weighted by atomic mass is 9.72. The average molecular weight is 461 g/mol. The smallest absolute Gasteiger partial charge is 0.309 e. The summed E-state index contributed by atoms with van der Waals surface area (Å²) in [5.74, 6) is 0.238. The molecule has 1 saturated heterocycles. The topological polar surface area (TPSA) is 74.2 Å². The third-order valence-corrected chi connectivity index (χ3v) is 6.54. The molecule has 4 rings (SSSR count). The molecule has 1 N–H and O–H groups in total. The summed E-state index contributed by atoms with van der Waals surface area (Å²) in [6.07, 6.45) is 0.370. The highest BCUT2D eigenvalue weighted by molar-refractivity contribution is 6.32. The van der Waals surface area contributed by atoms with Gasteiger partial charge in [-0.25, -0.2) is 0 Å². The molecule has 0 spiro atoms. The van der Waals surface area contributed by atoms with Crippen molar-refractivity contribution in [2.45, 2.75) is 51.4 Å². The molecule has 7 heteroatoms. The minimum absolute atomic E-state index is 0.0898. The fraction of sp³-hybridized carbons (Fsp3) is 0.480. The van der Waals surface area contributed by atoms with Crippen molar-refractivity contribution in [1.82, 2.24) is 0 Å².